The number of rotatable bonds is 7. The zero-order valence-corrected chi connectivity index (χ0v) is 19.0. The van der Waals surface area contributed by atoms with Crippen LogP contribution in [-0.4, -0.2) is 69.6 Å². The average molecular weight is 462 g/mol. The molecule has 2 aromatic carbocycles. The molecule has 2 atom stereocenters. The lowest BCUT2D eigenvalue weighted by Gasteiger charge is -2.32. The van der Waals surface area contributed by atoms with Crippen LogP contribution in [0.5, 0.6) is 0 Å². The number of anilines is 1. The van der Waals surface area contributed by atoms with E-state index in [0.717, 1.165) is 40.9 Å². The van der Waals surface area contributed by atoms with E-state index in [1.54, 1.807) is 4.90 Å². The predicted octanol–water partition coefficient (Wildman–Crippen LogP) is 2.04. The van der Waals surface area contributed by atoms with E-state index in [1.165, 1.54) is 6.39 Å². The fourth-order valence-electron chi connectivity index (χ4n) is 4.70. The van der Waals surface area contributed by atoms with E-state index in [9.17, 15) is 14.7 Å². The molecule has 3 heterocycles. The molecule has 0 aliphatic carbocycles. The van der Waals surface area contributed by atoms with E-state index in [-0.39, 0.29) is 30.4 Å². The number of aliphatic hydroxyl groups excluding tert-OH is 1. The molecule has 2 aliphatic heterocycles. The zero-order chi connectivity index (χ0) is 23.7. The monoisotopic (exact) mass is 461 g/mol. The Hall–Kier alpha value is -3.56. The lowest BCUT2D eigenvalue weighted by molar-refractivity contribution is -0.131. The van der Waals surface area contributed by atoms with Crippen LogP contribution >= 0.6 is 0 Å². The average Bonchev–Trinajstić information content (AvgIpc) is 3.57. The number of likely N-dealkylation sites (tertiary alicyclic amines) is 1. The van der Waals surface area contributed by atoms with Crippen LogP contribution in [0.2, 0.25) is 0 Å². The third-order valence-electron chi connectivity index (χ3n) is 6.59. The maximum atomic E-state index is 13.4. The molecule has 2 amide bonds. The van der Waals surface area contributed by atoms with Gasteiger partial charge < -0.3 is 19.8 Å². The van der Waals surface area contributed by atoms with Gasteiger partial charge in [0.2, 0.25) is 24.0 Å². The molecule has 34 heavy (non-hydrogen) atoms. The Morgan fingerprint density at radius 2 is 2.21 bits per heavy atom. The van der Waals surface area contributed by atoms with Crippen molar-refractivity contribution in [3.05, 3.63) is 65.5 Å². The molecule has 1 unspecified atom stereocenters. The van der Waals surface area contributed by atoms with E-state index in [4.69, 9.17) is 4.52 Å². The maximum absolute atomic E-state index is 13.4. The third kappa shape index (κ3) is 4.71. The summed E-state index contributed by atoms with van der Waals surface area (Å²) >= 11 is 0. The number of hydrogen-bond donors (Lipinski definition) is 2. The van der Waals surface area contributed by atoms with Gasteiger partial charge in [0.05, 0.1) is 25.0 Å². The molecule has 1 aromatic heterocycles. The summed E-state index contributed by atoms with van der Waals surface area (Å²) in [5, 5.41) is 16.8. The summed E-state index contributed by atoms with van der Waals surface area (Å²) in [6.45, 7) is 1.98. The molecule has 0 radical (unpaired) electrons. The number of β-amino-alcohol motifs (C(OH)–C–C–N with tert-alkyl or cyclic N) is 1. The topological polar surface area (TPSA) is 112 Å². The van der Waals surface area contributed by atoms with Crippen molar-refractivity contribution in [3.63, 3.8) is 0 Å². The maximum Gasteiger partial charge on any atom is 0.228 e. The number of nitrogens with one attached hydrogen (secondary N) is 1. The normalized spacial score (nSPS) is 18.5. The van der Waals surface area contributed by atoms with Crippen LogP contribution < -0.4 is 5.32 Å². The molecule has 1 fully saturated rings. The number of aliphatic hydroxyl groups is 1. The summed E-state index contributed by atoms with van der Waals surface area (Å²) < 4.78 is 4.89. The van der Waals surface area contributed by atoms with Gasteiger partial charge in [-0.1, -0.05) is 35.5 Å². The fourth-order valence-corrected chi connectivity index (χ4v) is 4.70. The highest BCUT2D eigenvalue weighted by Crippen LogP contribution is 2.28. The highest BCUT2D eigenvalue weighted by atomic mass is 16.5. The van der Waals surface area contributed by atoms with Crippen LogP contribution in [0.1, 0.15) is 29.2 Å². The Morgan fingerprint density at radius 3 is 2.97 bits per heavy atom. The Bertz CT molecular complexity index is 1200. The standard InChI is InChI=1S/C25H27N5O4/c1-29(24(33)10-16-5-6-17-12-23(32)27-21(17)9-16)22(14-30-8-7-20(31)13-30)18-3-2-4-19(11-18)25-26-15-34-28-25/h2-6,9,11,15,20,22,31H,7-8,10,12-14H2,1H3,(H,27,32)/t20-,22?/m0/s1. The van der Waals surface area contributed by atoms with E-state index in [0.29, 0.717) is 25.3 Å². The Kier molecular flexibility index (Phi) is 6.12. The van der Waals surface area contributed by atoms with Crippen LogP contribution in [0.4, 0.5) is 5.69 Å². The van der Waals surface area contributed by atoms with Crippen LogP contribution in [0.3, 0.4) is 0 Å². The number of carbonyl (C=O) groups excluding carboxylic acids is 2. The van der Waals surface area contributed by atoms with Gasteiger partial charge in [-0.15, -0.1) is 0 Å². The number of nitrogens with zero attached hydrogens (tertiary/aromatic N) is 4. The zero-order valence-electron chi connectivity index (χ0n) is 19.0. The summed E-state index contributed by atoms with van der Waals surface area (Å²) in [5.41, 5.74) is 4.37. The summed E-state index contributed by atoms with van der Waals surface area (Å²) in [4.78, 5) is 33.1. The first-order chi connectivity index (χ1) is 16.5. The lowest BCUT2D eigenvalue weighted by atomic mass is 10.0. The third-order valence-corrected chi connectivity index (χ3v) is 6.59. The van der Waals surface area contributed by atoms with Gasteiger partial charge in [-0.25, -0.2) is 0 Å². The van der Waals surface area contributed by atoms with Crippen molar-refractivity contribution in [3.8, 4) is 11.4 Å². The summed E-state index contributed by atoms with van der Waals surface area (Å²) in [5.74, 6) is 0.440. The number of benzene rings is 2. The molecule has 0 spiro atoms. The van der Waals surface area contributed by atoms with E-state index in [1.807, 2.05) is 49.5 Å². The molecule has 9 nitrogen and oxygen atoms in total. The summed E-state index contributed by atoms with van der Waals surface area (Å²) in [7, 11) is 1.82. The molecule has 2 N–H and O–H groups in total. The van der Waals surface area contributed by atoms with E-state index < -0.39 is 0 Å². The van der Waals surface area contributed by atoms with Crippen molar-refractivity contribution in [1.82, 2.24) is 19.9 Å². The molecule has 5 rings (SSSR count). The van der Waals surface area contributed by atoms with Gasteiger partial charge in [-0.2, -0.15) is 4.98 Å². The quantitative estimate of drug-likeness (QED) is 0.554. The minimum Gasteiger partial charge on any atom is -0.392 e. The molecule has 176 valence electrons. The van der Waals surface area contributed by atoms with Crippen molar-refractivity contribution in [1.29, 1.82) is 0 Å². The van der Waals surface area contributed by atoms with E-state index in [2.05, 4.69) is 20.4 Å². The highest BCUT2D eigenvalue weighted by Gasteiger charge is 2.29. The van der Waals surface area contributed by atoms with Gasteiger partial charge in [0.15, 0.2) is 0 Å². The van der Waals surface area contributed by atoms with Crippen molar-refractivity contribution in [2.75, 3.05) is 32.0 Å². The molecule has 0 bridgehead atoms. The first-order valence-corrected chi connectivity index (χ1v) is 11.4. The first kappa shape index (κ1) is 22.2. The second-order valence-electron chi connectivity index (χ2n) is 9.00. The van der Waals surface area contributed by atoms with Crippen LogP contribution in [-0.2, 0) is 22.4 Å². The number of amides is 2. The van der Waals surface area contributed by atoms with Crippen molar-refractivity contribution in [2.45, 2.75) is 31.4 Å². The van der Waals surface area contributed by atoms with Crippen LogP contribution in [0.25, 0.3) is 11.4 Å². The lowest BCUT2D eigenvalue weighted by Crippen LogP contribution is -2.39. The molecule has 0 saturated carbocycles. The van der Waals surface area contributed by atoms with Crippen molar-refractivity contribution in [2.24, 2.45) is 0 Å². The largest absolute Gasteiger partial charge is 0.392 e. The molecule has 3 aromatic rings. The van der Waals surface area contributed by atoms with Crippen LogP contribution in [0.15, 0.2) is 53.4 Å². The SMILES string of the molecule is CN(C(=O)Cc1ccc2c(c1)NC(=O)C2)C(CN1CC[C@H](O)C1)c1cccc(-c2ncon2)c1. The predicted molar refractivity (Wildman–Crippen MR) is 125 cm³/mol. The van der Waals surface area contributed by atoms with E-state index >= 15 is 0 Å². The van der Waals surface area contributed by atoms with Crippen LogP contribution in [0, 0.1) is 0 Å². The molecular formula is C25H27N5O4. The Morgan fingerprint density at radius 1 is 1.32 bits per heavy atom. The second-order valence-corrected chi connectivity index (χ2v) is 9.00. The van der Waals surface area contributed by atoms with Gasteiger partial charge in [0.25, 0.3) is 0 Å². The fraction of sp³-hybridized carbons (Fsp3) is 0.360. The molecular weight excluding hydrogens is 434 g/mol. The smallest absolute Gasteiger partial charge is 0.228 e. The second kappa shape index (κ2) is 9.36. The molecule has 1 saturated heterocycles. The highest BCUT2D eigenvalue weighted by molar-refractivity contribution is 5.99. The minimum absolute atomic E-state index is 0.0232. The van der Waals surface area contributed by atoms with Crippen molar-refractivity contribution >= 4 is 17.5 Å². The van der Waals surface area contributed by atoms with Gasteiger partial charge in [-0.3, -0.25) is 14.5 Å². The summed E-state index contributed by atoms with van der Waals surface area (Å²) in [6.07, 6.45) is 2.29. The minimum atomic E-state index is -0.339. The van der Waals surface area contributed by atoms with Crippen molar-refractivity contribution < 1.29 is 19.2 Å². The van der Waals surface area contributed by atoms with Gasteiger partial charge >= 0.3 is 0 Å². The van der Waals surface area contributed by atoms with Gasteiger partial charge in [-0.05, 0) is 35.2 Å². The molecule has 9 heteroatoms. The number of hydrogen-bond acceptors (Lipinski definition) is 7. The number of aromatic nitrogens is 2. The summed E-state index contributed by atoms with van der Waals surface area (Å²) in [6, 6.07) is 13.3. The Balaban J connectivity index is 1.38. The van der Waals surface area contributed by atoms with Gasteiger partial charge in [0.1, 0.15) is 0 Å². The number of likely N-dealkylation sites (N-methyl/N-ethyl adjacent to an activating group) is 1. The first-order valence-electron chi connectivity index (χ1n) is 11.4. The van der Waals surface area contributed by atoms with Gasteiger partial charge in [0, 0.05) is 37.9 Å². The number of fused-ring (bicyclic) bond motifs is 1. The Labute approximate surface area is 197 Å². The number of carbonyl (C=O) groups is 2. The molecule has 2 aliphatic rings.